The summed E-state index contributed by atoms with van der Waals surface area (Å²) in [7, 11) is -3.36. The summed E-state index contributed by atoms with van der Waals surface area (Å²) in [6.07, 6.45) is 1.57. The highest BCUT2D eigenvalue weighted by Crippen LogP contribution is 2.40. The molecular formula is C14H21ClN2O4S. The summed E-state index contributed by atoms with van der Waals surface area (Å²) in [6, 6.07) is 4.92. The van der Waals surface area contributed by atoms with E-state index < -0.39 is 27.1 Å². The van der Waals surface area contributed by atoms with E-state index in [-0.39, 0.29) is 18.4 Å². The Bertz CT molecular complexity index is 673. The molecule has 1 aromatic rings. The topological polar surface area (TPSA) is 98.5 Å². The van der Waals surface area contributed by atoms with E-state index in [1.54, 1.807) is 18.2 Å². The van der Waals surface area contributed by atoms with Crippen LogP contribution in [0.15, 0.2) is 18.2 Å². The number of carbonyl (C=O) groups is 1. The van der Waals surface area contributed by atoms with Crippen LogP contribution in [-0.4, -0.2) is 31.9 Å². The number of nitrogen functional groups attached to an aromatic ring is 1. The Hall–Kier alpha value is -1.47. The van der Waals surface area contributed by atoms with E-state index in [4.69, 9.17) is 10.5 Å². The molecule has 1 aliphatic rings. The van der Waals surface area contributed by atoms with Gasteiger partial charge in [0, 0.05) is 23.9 Å². The van der Waals surface area contributed by atoms with Crippen LogP contribution < -0.4 is 15.8 Å². The molecule has 0 saturated heterocycles. The van der Waals surface area contributed by atoms with E-state index in [9.17, 15) is 13.2 Å². The zero-order valence-corrected chi connectivity index (χ0v) is 14.4. The van der Waals surface area contributed by atoms with E-state index in [0.717, 1.165) is 11.8 Å². The van der Waals surface area contributed by atoms with Gasteiger partial charge in [0.2, 0.25) is 5.91 Å². The number of fused-ring (bicyclic) bond motifs is 1. The van der Waals surface area contributed by atoms with Crippen LogP contribution in [0.5, 0.6) is 5.75 Å². The number of carbonyl (C=O) groups excluding carboxylic acids is 1. The molecule has 6 nitrogen and oxygen atoms in total. The summed E-state index contributed by atoms with van der Waals surface area (Å²) in [5.41, 5.74) is 6.67. The van der Waals surface area contributed by atoms with Crippen LogP contribution in [-0.2, 0) is 14.6 Å². The molecule has 1 aromatic carbocycles. The normalized spacial score (nSPS) is 19.3. The fourth-order valence-corrected chi connectivity index (χ4v) is 3.04. The highest BCUT2D eigenvalue weighted by atomic mass is 35.5. The molecule has 1 amide bonds. The maximum absolute atomic E-state index is 11.9. The summed E-state index contributed by atoms with van der Waals surface area (Å²) in [5, 5.41) is 2.76. The number of nitrogens with two attached hydrogens (primary N) is 1. The lowest BCUT2D eigenvalue weighted by molar-refractivity contribution is -0.119. The van der Waals surface area contributed by atoms with Crippen molar-refractivity contribution in [3.05, 3.63) is 23.8 Å². The zero-order chi connectivity index (χ0) is 15.8. The highest BCUT2D eigenvalue weighted by Gasteiger charge is 2.34. The fourth-order valence-electron chi connectivity index (χ4n) is 2.48. The fraction of sp³-hybridized carbons (Fsp3) is 0.500. The molecule has 0 aromatic heterocycles. The van der Waals surface area contributed by atoms with Gasteiger partial charge in [0.25, 0.3) is 0 Å². The number of amides is 1. The van der Waals surface area contributed by atoms with Gasteiger partial charge in [-0.2, -0.15) is 0 Å². The van der Waals surface area contributed by atoms with Gasteiger partial charge >= 0.3 is 0 Å². The van der Waals surface area contributed by atoms with Crippen LogP contribution in [0.25, 0.3) is 0 Å². The lowest BCUT2D eigenvalue weighted by Crippen LogP contribution is -2.42. The van der Waals surface area contributed by atoms with Crippen LogP contribution in [0.1, 0.15) is 31.9 Å². The van der Waals surface area contributed by atoms with Gasteiger partial charge in [0.15, 0.2) is 9.84 Å². The lowest BCUT2D eigenvalue weighted by Gasteiger charge is -2.38. The van der Waals surface area contributed by atoms with Crippen molar-refractivity contribution in [1.29, 1.82) is 0 Å². The van der Waals surface area contributed by atoms with Crippen LogP contribution >= 0.6 is 12.4 Å². The molecule has 0 aliphatic carbocycles. The van der Waals surface area contributed by atoms with Gasteiger partial charge in [0.1, 0.15) is 17.1 Å². The Morgan fingerprint density at radius 1 is 1.45 bits per heavy atom. The Labute approximate surface area is 136 Å². The minimum absolute atomic E-state index is 0. The highest BCUT2D eigenvalue weighted by molar-refractivity contribution is 7.91. The Morgan fingerprint density at radius 3 is 2.68 bits per heavy atom. The number of rotatable bonds is 3. The molecule has 124 valence electrons. The van der Waals surface area contributed by atoms with Crippen molar-refractivity contribution in [2.75, 3.05) is 17.7 Å². The second-order valence-corrected chi connectivity index (χ2v) is 8.19. The van der Waals surface area contributed by atoms with Gasteiger partial charge in [0.05, 0.1) is 6.04 Å². The number of hydrogen-bond acceptors (Lipinski definition) is 5. The van der Waals surface area contributed by atoms with Gasteiger partial charge in [-0.3, -0.25) is 4.79 Å². The molecule has 1 atom stereocenters. The number of nitrogens with one attached hydrogen (secondary N) is 1. The average molecular weight is 349 g/mol. The molecule has 0 saturated carbocycles. The van der Waals surface area contributed by atoms with E-state index in [2.05, 4.69) is 5.32 Å². The van der Waals surface area contributed by atoms with Crippen molar-refractivity contribution in [3.63, 3.8) is 0 Å². The first kappa shape index (κ1) is 18.6. The van der Waals surface area contributed by atoms with E-state index in [0.29, 0.717) is 17.9 Å². The first-order valence-corrected chi connectivity index (χ1v) is 8.67. The molecule has 0 fully saturated rings. The molecular weight excluding hydrogens is 328 g/mol. The monoisotopic (exact) mass is 348 g/mol. The third-order valence-corrected chi connectivity index (χ3v) is 4.01. The van der Waals surface area contributed by atoms with Gasteiger partial charge in [-0.05, 0) is 32.0 Å². The van der Waals surface area contributed by atoms with Gasteiger partial charge in [-0.25, -0.2) is 8.42 Å². The Morgan fingerprint density at radius 2 is 2.09 bits per heavy atom. The summed E-state index contributed by atoms with van der Waals surface area (Å²) in [4.78, 5) is 11.9. The van der Waals surface area contributed by atoms with Crippen LogP contribution in [0.4, 0.5) is 5.69 Å². The molecule has 1 unspecified atom stereocenters. The van der Waals surface area contributed by atoms with Crippen LogP contribution in [0, 0.1) is 0 Å². The molecule has 8 heteroatoms. The van der Waals surface area contributed by atoms with Crippen molar-refractivity contribution < 1.29 is 17.9 Å². The number of halogens is 1. The standard InChI is InChI=1S/C14H20N2O4S.ClH/c1-14(2)7-11(16-13(17)8-21(3,18)19)10-6-9(15)4-5-12(10)20-14;/h4-6,11H,7-8,15H2,1-3H3,(H,16,17);1H. The van der Waals surface area contributed by atoms with Gasteiger partial charge in [-0.15, -0.1) is 12.4 Å². The first-order chi connectivity index (χ1) is 9.56. The van der Waals surface area contributed by atoms with Crippen molar-refractivity contribution in [2.45, 2.75) is 31.9 Å². The number of benzene rings is 1. The Kier molecular flexibility index (Phi) is 5.35. The first-order valence-electron chi connectivity index (χ1n) is 6.61. The minimum Gasteiger partial charge on any atom is -0.487 e. The van der Waals surface area contributed by atoms with Crippen LogP contribution in [0.3, 0.4) is 0 Å². The maximum atomic E-state index is 11.9. The number of hydrogen-bond donors (Lipinski definition) is 2. The second-order valence-electron chi connectivity index (χ2n) is 6.05. The zero-order valence-electron chi connectivity index (χ0n) is 12.8. The largest absolute Gasteiger partial charge is 0.487 e. The predicted octanol–water partition coefficient (Wildman–Crippen LogP) is 1.45. The smallest absolute Gasteiger partial charge is 0.235 e. The quantitative estimate of drug-likeness (QED) is 0.805. The molecule has 1 heterocycles. The Balaban J connectivity index is 0.00000242. The summed E-state index contributed by atoms with van der Waals surface area (Å²) in [6.45, 7) is 3.84. The second kappa shape index (κ2) is 6.34. The summed E-state index contributed by atoms with van der Waals surface area (Å²) in [5.74, 6) is -0.388. The molecule has 22 heavy (non-hydrogen) atoms. The SMILES string of the molecule is CC1(C)CC(NC(=O)CS(C)(=O)=O)c2cc(N)ccc2O1.Cl. The number of ether oxygens (including phenoxy) is 1. The van der Waals surface area contributed by atoms with Gasteiger partial charge < -0.3 is 15.8 Å². The number of anilines is 1. The molecule has 0 bridgehead atoms. The number of sulfone groups is 1. The van der Waals surface area contributed by atoms with E-state index >= 15 is 0 Å². The van der Waals surface area contributed by atoms with Crippen molar-refractivity contribution >= 4 is 33.8 Å². The third kappa shape index (κ3) is 4.78. The molecule has 3 N–H and O–H groups in total. The average Bonchev–Trinajstić information content (AvgIpc) is 2.26. The predicted molar refractivity (Wildman–Crippen MR) is 88.0 cm³/mol. The molecule has 0 radical (unpaired) electrons. The van der Waals surface area contributed by atoms with Gasteiger partial charge in [-0.1, -0.05) is 0 Å². The van der Waals surface area contributed by atoms with Crippen molar-refractivity contribution in [2.24, 2.45) is 0 Å². The van der Waals surface area contributed by atoms with Crippen molar-refractivity contribution in [3.8, 4) is 5.75 Å². The summed E-state index contributed by atoms with van der Waals surface area (Å²) < 4.78 is 28.3. The van der Waals surface area contributed by atoms with Crippen molar-refractivity contribution in [1.82, 2.24) is 5.32 Å². The van der Waals surface area contributed by atoms with E-state index in [1.807, 2.05) is 13.8 Å². The minimum atomic E-state index is -3.36. The maximum Gasteiger partial charge on any atom is 0.235 e. The molecule has 2 rings (SSSR count). The summed E-state index contributed by atoms with van der Waals surface area (Å²) >= 11 is 0. The van der Waals surface area contributed by atoms with Crippen LogP contribution in [0.2, 0.25) is 0 Å². The molecule has 0 spiro atoms. The molecule has 1 aliphatic heterocycles. The lowest BCUT2D eigenvalue weighted by atomic mass is 9.89. The third-order valence-electron chi connectivity index (χ3n) is 3.22. The van der Waals surface area contributed by atoms with E-state index in [1.165, 1.54) is 0 Å².